The molecule has 1 saturated carbocycles. The Balaban J connectivity index is 2.16. The molecule has 2 rings (SSSR count). The molecular formula is C17H30N4. The van der Waals surface area contributed by atoms with E-state index in [1.807, 2.05) is 6.07 Å². The second-order valence-corrected chi connectivity index (χ2v) is 7.42. The van der Waals surface area contributed by atoms with Crippen LogP contribution in [0, 0.1) is 5.92 Å². The van der Waals surface area contributed by atoms with Gasteiger partial charge in [0.1, 0.15) is 17.5 Å². The Morgan fingerprint density at radius 1 is 1.19 bits per heavy atom. The maximum Gasteiger partial charge on any atom is 0.138 e. The van der Waals surface area contributed by atoms with Gasteiger partial charge < -0.3 is 10.6 Å². The molecule has 1 heterocycles. The SMILES string of the molecule is CCC1CCC(N(C)c2cc(N)nc(C(C)(C)C)n2)CC1. The molecule has 0 saturated heterocycles. The number of anilines is 2. The van der Waals surface area contributed by atoms with Crippen LogP contribution in [0.25, 0.3) is 0 Å². The molecule has 0 bridgehead atoms. The third-order valence-corrected chi connectivity index (χ3v) is 4.71. The molecule has 0 spiro atoms. The van der Waals surface area contributed by atoms with E-state index >= 15 is 0 Å². The minimum absolute atomic E-state index is 0.0785. The Kier molecular flexibility index (Phi) is 4.74. The van der Waals surface area contributed by atoms with Crippen LogP contribution >= 0.6 is 0 Å². The standard InChI is InChI=1S/C17H30N4/c1-6-12-7-9-13(10-8-12)21(5)15-11-14(18)19-16(20-15)17(2,3)4/h11-13H,6-10H2,1-5H3,(H2,18,19,20). The lowest BCUT2D eigenvalue weighted by Crippen LogP contribution is -2.36. The first-order valence-corrected chi connectivity index (χ1v) is 8.19. The molecule has 21 heavy (non-hydrogen) atoms. The molecule has 118 valence electrons. The van der Waals surface area contributed by atoms with Crippen molar-refractivity contribution in [3.63, 3.8) is 0 Å². The first-order chi connectivity index (χ1) is 9.81. The van der Waals surface area contributed by atoms with Crippen molar-refractivity contribution in [2.24, 2.45) is 5.92 Å². The van der Waals surface area contributed by atoms with E-state index < -0.39 is 0 Å². The van der Waals surface area contributed by atoms with E-state index in [1.165, 1.54) is 32.1 Å². The third-order valence-electron chi connectivity index (χ3n) is 4.71. The zero-order valence-corrected chi connectivity index (χ0v) is 14.2. The van der Waals surface area contributed by atoms with E-state index in [0.717, 1.165) is 17.6 Å². The predicted molar refractivity (Wildman–Crippen MR) is 89.6 cm³/mol. The van der Waals surface area contributed by atoms with Gasteiger partial charge in [0.2, 0.25) is 0 Å². The molecule has 4 heteroatoms. The minimum Gasteiger partial charge on any atom is -0.384 e. The number of nitrogen functional groups attached to an aromatic ring is 1. The van der Waals surface area contributed by atoms with Gasteiger partial charge in [-0.15, -0.1) is 0 Å². The van der Waals surface area contributed by atoms with Crippen molar-refractivity contribution in [2.45, 2.75) is 71.3 Å². The maximum atomic E-state index is 5.99. The summed E-state index contributed by atoms with van der Waals surface area (Å²) in [7, 11) is 2.14. The number of nitrogens with two attached hydrogens (primary N) is 1. The van der Waals surface area contributed by atoms with E-state index in [1.54, 1.807) is 0 Å². The summed E-state index contributed by atoms with van der Waals surface area (Å²) in [6, 6.07) is 2.48. The first kappa shape index (κ1) is 16.1. The average Bonchev–Trinajstić information content (AvgIpc) is 2.45. The molecule has 0 aliphatic heterocycles. The normalized spacial score (nSPS) is 23.1. The average molecular weight is 290 g/mol. The zero-order valence-electron chi connectivity index (χ0n) is 14.2. The fourth-order valence-corrected chi connectivity index (χ4v) is 3.10. The van der Waals surface area contributed by atoms with Gasteiger partial charge in [0.25, 0.3) is 0 Å². The Hall–Kier alpha value is -1.32. The van der Waals surface area contributed by atoms with Crippen LogP contribution in [0.4, 0.5) is 11.6 Å². The molecule has 4 nitrogen and oxygen atoms in total. The predicted octanol–water partition coefficient (Wildman–Crippen LogP) is 3.76. The van der Waals surface area contributed by atoms with Crippen molar-refractivity contribution in [1.82, 2.24) is 9.97 Å². The Morgan fingerprint density at radius 2 is 1.81 bits per heavy atom. The highest BCUT2D eigenvalue weighted by Crippen LogP contribution is 2.31. The second kappa shape index (κ2) is 6.20. The highest BCUT2D eigenvalue weighted by Gasteiger charge is 2.25. The van der Waals surface area contributed by atoms with Crippen LogP contribution in [0.2, 0.25) is 0 Å². The Bertz CT molecular complexity index is 470. The molecule has 0 atom stereocenters. The van der Waals surface area contributed by atoms with Crippen molar-refractivity contribution in [1.29, 1.82) is 0 Å². The molecule has 0 radical (unpaired) electrons. The highest BCUT2D eigenvalue weighted by atomic mass is 15.2. The zero-order chi connectivity index (χ0) is 15.6. The molecule has 0 amide bonds. The molecular weight excluding hydrogens is 260 g/mol. The van der Waals surface area contributed by atoms with Gasteiger partial charge in [0, 0.05) is 24.6 Å². The molecule has 0 aromatic carbocycles. The summed E-state index contributed by atoms with van der Waals surface area (Å²) in [5.74, 6) is 3.27. The van der Waals surface area contributed by atoms with Crippen molar-refractivity contribution < 1.29 is 0 Å². The van der Waals surface area contributed by atoms with Gasteiger partial charge in [0.05, 0.1) is 0 Å². The van der Waals surface area contributed by atoms with E-state index in [9.17, 15) is 0 Å². The number of hydrogen-bond acceptors (Lipinski definition) is 4. The van der Waals surface area contributed by atoms with Crippen LogP contribution in [0.3, 0.4) is 0 Å². The van der Waals surface area contributed by atoms with Crippen LogP contribution in [-0.2, 0) is 5.41 Å². The van der Waals surface area contributed by atoms with Gasteiger partial charge in [0.15, 0.2) is 0 Å². The number of nitrogens with zero attached hydrogens (tertiary/aromatic N) is 3. The molecule has 0 unspecified atom stereocenters. The Labute approximate surface area is 129 Å². The van der Waals surface area contributed by atoms with Gasteiger partial charge in [-0.3, -0.25) is 0 Å². The lowest BCUT2D eigenvalue weighted by molar-refractivity contribution is 0.312. The molecule has 1 aromatic heterocycles. The largest absolute Gasteiger partial charge is 0.384 e. The fraction of sp³-hybridized carbons (Fsp3) is 0.765. The molecule has 1 aliphatic rings. The van der Waals surface area contributed by atoms with Crippen molar-refractivity contribution >= 4 is 11.6 Å². The smallest absolute Gasteiger partial charge is 0.138 e. The van der Waals surface area contributed by atoms with E-state index in [-0.39, 0.29) is 5.41 Å². The van der Waals surface area contributed by atoms with Crippen molar-refractivity contribution in [3.05, 3.63) is 11.9 Å². The summed E-state index contributed by atoms with van der Waals surface area (Å²) in [6.45, 7) is 8.67. The summed E-state index contributed by atoms with van der Waals surface area (Å²) >= 11 is 0. The lowest BCUT2D eigenvalue weighted by atomic mass is 9.84. The Morgan fingerprint density at radius 3 is 2.33 bits per heavy atom. The molecule has 1 aliphatic carbocycles. The topological polar surface area (TPSA) is 55.0 Å². The molecule has 2 N–H and O–H groups in total. The van der Waals surface area contributed by atoms with Crippen LogP contribution < -0.4 is 10.6 Å². The van der Waals surface area contributed by atoms with Crippen LogP contribution in [-0.4, -0.2) is 23.1 Å². The summed E-state index contributed by atoms with van der Waals surface area (Å²) in [4.78, 5) is 11.5. The van der Waals surface area contributed by atoms with Gasteiger partial charge in [-0.1, -0.05) is 34.1 Å². The summed E-state index contributed by atoms with van der Waals surface area (Å²) in [5.41, 5.74) is 5.91. The fourth-order valence-electron chi connectivity index (χ4n) is 3.10. The molecule has 1 aromatic rings. The number of rotatable bonds is 3. The van der Waals surface area contributed by atoms with Gasteiger partial charge in [-0.05, 0) is 31.6 Å². The quantitative estimate of drug-likeness (QED) is 0.921. The summed E-state index contributed by atoms with van der Waals surface area (Å²) < 4.78 is 0. The van der Waals surface area contributed by atoms with Crippen LogP contribution in [0.5, 0.6) is 0 Å². The van der Waals surface area contributed by atoms with Gasteiger partial charge in [-0.25, -0.2) is 9.97 Å². The molecule has 1 fully saturated rings. The van der Waals surface area contributed by atoms with Crippen molar-refractivity contribution in [3.8, 4) is 0 Å². The van der Waals surface area contributed by atoms with E-state index in [4.69, 9.17) is 10.7 Å². The number of hydrogen-bond donors (Lipinski definition) is 1. The maximum absolute atomic E-state index is 5.99. The third kappa shape index (κ3) is 3.86. The lowest BCUT2D eigenvalue weighted by Gasteiger charge is -2.35. The summed E-state index contributed by atoms with van der Waals surface area (Å²) in [6.07, 6.45) is 6.48. The first-order valence-electron chi connectivity index (χ1n) is 8.19. The van der Waals surface area contributed by atoms with Crippen molar-refractivity contribution in [2.75, 3.05) is 17.7 Å². The monoisotopic (exact) mass is 290 g/mol. The van der Waals surface area contributed by atoms with E-state index in [2.05, 4.69) is 44.6 Å². The number of aromatic nitrogens is 2. The van der Waals surface area contributed by atoms with Crippen LogP contribution in [0.1, 0.15) is 65.6 Å². The highest BCUT2D eigenvalue weighted by molar-refractivity contribution is 5.47. The minimum atomic E-state index is -0.0785. The van der Waals surface area contributed by atoms with Gasteiger partial charge in [-0.2, -0.15) is 0 Å². The summed E-state index contributed by atoms with van der Waals surface area (Å²) in [5, 5.41) is 0. The van der Waals surface area contributed by atoms with E-state index in [0.29, 0.717) is 11.9 Å². The second-order valence-electron chi connectivity index (χ2n) is 7.42. The van der Waals surface area contributed by atoms with Gasteiger partial charge >= 0.3 is 0 Å². The van der Waals surface area contributed by atoms with Crippen LogP contribution in [0.15, 0.2) is 6.07 Å².